The first-order valence-electron chi connectivity index (χ1n) is 7.63. The summed E-state index contributed by atoms with van der Waals surface area (Å²) in [5.74, 6) is 1.41. The van der Waals surface area contributed by atoms with Crippen molar-refractivity contribution in [1.29, 1.82) is 0 Å². The molecular formula is C18H24N2. The summed E-state index contributed by atoms with van der Waals surface area (Å²) in [6.07, 6.45) is 3.47. The van der Waals surface area contributed by atoms with Crippen LogP contribution in [0.2, 0.25) is 0 Å². The normalized spacial score (nSPS) is 30.6. The van der Waals surface area contributed by atoms with E-state index in [1.54, 1.807) is 0 Å². The second-order valence-corrected chi connectivity index (χ2v) is 6.87. The van der Waals surface area contributed by atoms with Gasteiger partial charge in [0.25, 0.3) is 0 Å². The van der Waals surface area contributed by atoms with E-state index in [1.165, 1.54) is 17.4 Å². The lowest BCUT2D eigenvalue weighted by Crippen LogP contribution is -2.43. The van der Waals surface area contributed by atoms with Gasteiger partial charge in [0.2, 0.25) is 0 Å². The first-order valence-corrected chi connectivity index (χ1v) is 7.63. The van der Waals surface area contributed by atoms with Gasteiger partial charge in [0.05, 0.1) is 5.52 Å². The second-order valence-electron chi connectivity index (χ2n) is 6.87. The number of nitrogens with two attached hydrogens (primary N) is 1. The Kier molecular flexibility index (Phi) is 3.29. The molecule has 2 aromatic rings. The molecule has 2 N–H and O–H groups in total. The predicted octanol–water partition coefficient (Wildman–Crippen LogP) is 4.15. The first-order chi connectivity index (χ1) is 9.46. The molecule has 0 radical (unpaired) electrons. The zero-order valence-electron chi connectivity index (χ0n) is 12.7. The van der Waals surface area contributed by atoms with Gasteiger partial charge in [-0.25, -0.2) is 0 Å². The van der Waals surface area contributed by atoms with Crippen LogP contribution in [0.15, 0.2) is 30.3 Å². The molecule has 1 aromatic carbocycles. The smallest absolute Gasteiger partial charge is 0.0705 e. The lowest BCUT2D eigenvalue weighted by molar-refractivity contribution is 0.184. The minimum absolute atomic E-state index is 0.170. The zero-order chi connectivity index (χ0) is 14.3. The van der Waals surface area contributed by atoms with E-state index < -0.39 is 0 Å². The fourth-order valence-corrected chi connectivity index (χ4v) is 3.95. The molecule has 2 nitrogen and oxygen atoms in total. The molecule has 1 saturated carbocycles. The highest BCUT2D eigenvalue weighted by molar-refractivity contribution is 5.79. The SMILES string of the molecule is Cc1ccc2cc(C3(N)CC(C)CC(C)C3)ccc2n1. The fourth-order valence-electron chi connectivity index (χ4n) is 3.95. The van der Waals surface area contributed by atoms with Crippen LogP contribution in [-0.2, 0) is 5.54 Å². The Bertz CT molecular complexity index is 622. The Morgan fingerprint density at radius 3 is 2.50 bits per heavy atom. The maximum atomic E-state index is 6.76. The summed E-state index contributed by atoms with van der Waals surface area (Å²) < 4.78 is 0. The van der Waals surface area contributed by atoms with Gasteiger partial charge in [-0.2, -0.15) is 0 Å². The van der Waals surface area contributed by atoms with Crippen molar-refractivity contribution in [2.75, 3.05) is 0 Å². The molecule has 20 heavy (non-hydrogen) atoms. The molecule has 1 aliphatic rings. The zero-order valence-corrected chi connectivity index (χ0v) is 12.7. The summed E-state index contributed by atoms with van der Waals surface area (Å²) in [7, 11) is 0. The quantitative estimate of drug-likeness (QED) is 0.843. The molecule has 0 aliphatic heterocycles. The Hall–Kier alpha value is -1.41. The van der Waals surface area contributed by atoms with Crippen LogP contribution in [0.25, 0.3) is 10.9 Å². The summed E-state index contributed by atoms with van der Waals surface area (Å²) >= 11 is 0. The van der Waals surface area contributed by atoms with E-state index in [1.807, 2.05) is 6.92 Å². The molecule has 1 heterocycles. The van der Waals surface area contributed by atoms with Crippen molar-refractivity contribution in [2.24, 2.45) is 17.6 Å². The summed E-state index contributed by atoms with van der Waals surface area (Å²) in [4.78, 5) is 4.57. The summed E-state index contributed by atoms with van der Waals surface area (Å²) in [6.45, 7) is 6.68. The lowest BCUT2D eigenvalue weighted by atomic mass is 9.69. The highest BCUT2D eigenvalue weighted by Crippen LogP contribution is 2.41. The van der Waals surface area contributed by atoms with Crippen LogP contribution < -0.4 is 5.73 Å². The van der Waals surface area contributed by atoms with Crippen LogP contribution in [-0.4, -0.2) is 4.98 Å². The minimum atomic E-state index is -0.170. The van der Waals surface area contributed by atoms with E-state index in [-0.39, 0.29) is 5.54 Å². The number of hydrogen-bond acceptors (Lipinski definition) is 2. The highest BCUT2D eigenvalue weighted by atomic mass is 14.8. The maximum absolute atomic E-state index is 6.76. The molecule has 1 fully saturated rings. The molecular weight excluding hydrogens is 244 g/mol. The van der Waals surface area contributed by atoms with Crippen molar-refractivity contribution in [2.45, 2.75) is 45.6 Å². The van der Waals surface area contributed by atoms with Crippen molar-refractivity contribution >= 4 is 10.9 Å². The van der Waals surface area contributed by atoms with Crippen molar-refractivity contribution < 1.29 is 0 Å². The van der Waals surface area contributed by atoms with Crippen LogP contribution in [0.3, 0.4) is 0 Å². The predicted molar refractivity (Wildman–Crippen MR) is 84.5 cm³/mol. The number of hydrogen-bond donors (Lipinski definition) is 1. The average Bonchev–Trinajstić information content (AvgIpc) is 2.36. The molecule has 0 saturated heterocycles. The van der Waals surface area contributed by atoms with Gasteiger partial charge in [0, 0.05) is 16.6 Å². The number of rotatable bonds is 1. The van der Waals surface area contributed by atoms with E-state index in [0.29, 0.717) is 11.8 Å². The average molecular weight is 268 g/mol. The van der Waals surface area contributed by atoms with E-state index in [4.69, 9.17) is 5.73 Å². The van der Waals surface area contributed by atoms with Gasteiger partial charge in [0.15, 0.2) is 0 Å². The largest absolute Gasteiger partial charge is 0.321 e. The number of benzene rings is 1. The Morgan fingerprint density at radius 2 is 1.80 bits per heavy atom. The molecule has 1 aliphatic carbocycles. The van der Waals surface area contributed by atoms with Gasteiger partial charge in [-0.1, -0.05) is 26.0 Å². The summed E-state index contributed by atoms with van der Waals surface area (Å²) in [5.41, 5.74) is 9.99. The van der Waals surface area contributed by atoms with E-state index in [9.17, 15) is 0 Å². The van der Waals surface area contributed by atoms with Crippen molar-refractivity contribution in [3.05, 3.63) is 41.6 Å². The third-order valence-corrected chi connectivity index (χ3v) is 4.63. The van der Waals surface area contributed by atoms with Crippen LogP contribution in [0.1, 0.15) is 44.4 Å². The first kappa shape index (κ1) is 13.6. The Labute approximate surface area is 121 Å². The minimum Gasteiger partial charge on any atom is -0.321 e. The molecule has 0 bridgehead atoms. The summed E-state index contributed by atoms with van der Waals surface area (Å²) in [6, 6.07) is 10.8. The van der Waals surface area contributed by atoms with Crippen molar-refractivity contribution in [1.82, 2.24) is 4.98 Å². The number of pyridine rings is 1. The standard InChI is InChI=1S/C18H24N2/c1-12-8-13(2)11-18(19,10-12)16-6-7-17-15(9-16)5-4-14(3)20-17/h4-7,9,12-13H,8,10-11,19H2,1-3H3. The van der Waals surface area contributed by atoms with Crippen LogP contribution in [0, 0.1) is 18.8 Å². The molecule has 0 spiro atoms. The Balaban J connectivity index is 2.02. The van der Waals surface area contributed by atoms with Crippen LogP contribution in [0.4, 0.5) is 0 Å². The second kappa shape index (κ2) is 4.85. The van der Waals surface area contributed by atoms with E-state index in [0.717, 1.165) is 24.1 Å². The molecule has 2 atom stereocenters. The Morgan fingerprint density at radius 1 is 1.10 bits per heavy atom. The van der Waals surface area contributed by atoms with Gasteiger partial charge in [-0.15, -0.1) is 0 Å². The number of fused-ring (bicyclic) bond motifs is 1. The summed E-state index contributed by atoms with van der Waals surface area (Å²) in [5, 5.41) is 1.20. The van der Waals surface area contributed by atoms with Gasteiger partial charge in [-0.05, 0) is 61.8 Å². The lowest BCUT2D eigenvalue weighted by Gasteiger charge is -2.40. The van der Waals surface area contributed by atoms with Crippen LogP contribution >= 0.6 is 0 Å². The number of aryl methyl sites for hydroxylation is 1. The monoisotopic (exact) mass is 268 g/mol. The highest BCUT2D eigenvalue weighted by Gasteiger charge is 2.35. The molecule has 0 amide bonds. The molecule has 2 unspecified atom stereocenters. The van der Waals surface area contributed by atoms with Gasteiger partial charge in [0.1, 0.15) is 0 Å². The van der Waals surface area contributed by atoms with Gasteiger partial charge >= 0.3 is 0 Å². The van der Waals surface area contributed by atoms with Crippen molar-refractivity contribution in [3.63, 3.8) is 0 Å². The molecule has 3 rings (SSSR count). The maximum Gasteiger partial charge on any atom is 0.0705 e. The molecule has 2 heteroatoms. The molecule has 1 aromatic heterocycles. The van der Waals surface area contributed by atoms with E-state index >= 15 is 0 Å². The number of nitrogens with zero attached hydrogens (tertiary/aromatic N) is 1. The fraction of sp³-hybridized carbons (Fsp3) is 0.500. The van der Waals surface area contributed by atoms with Crippen LogP contribution in [0.5, 0.6) is 0 Å². The molecule has 106 valence electrons. The third-order valence-electron chi connectivity index (χ3n) is 4.63. The van der Waals surface area contributed by atoms with Gasteiger partial charge in [-0.3, -0.25) is 4.98 Å². The van der Waals surface area contributed by atoms with E-state index in [2.05, 4.69) is 49.2 Å². The van der Waals surface area contributed by atoms with Crippen molar-refractivity contribution in [3.8, 4) is 0 Å². The third kappa shape index (κ3) is 2.45. The van der Waals surface area contributed by atoms with Gasteiger partial charge < -0.3 is 5.73 Å². The topological polar surface area (TPSA) is 38.9 Å². The number of aromatic nitrogens is 1.